The van der Waals surface area contributed by atoms with Gasteiger partial charge in [-0.05, 0) is 32.0 Å². The second-order valence-corrected chi connectivity index (χ2v) is 5.66. The Morgan fingerprint density at radius 3 is 2.88 bits per heavy atom. The Morgan fingerprint density at radius 2 is 2.17 bits per heavy atom. The summed E-state index contributed by atoms with van der Waals surface area (Å²) in [6.07, 6.45) is -2.45. The predicted molar refractivity (Wildman–Crippen MR) is 86.7 cm³/mol. The molecular weight excluding hydrogens is 321 g/mol. The fourth-order valence-corrected chi connectivity index (χ4v) is 2.85. The van der Waals surface area contributed by atoms with Crippen molar-refractivity contribution in [1.29, 1.82) is 0 Å². The van der Waals surface area contributed by atoms with Crippen LogP contribution < -0.4 is 15.8 Å². The lowest BCUT2D eigenvalue weighted by Gasteiger charge is -2.23. The SMILES string of the molecule is CCN1CCCC1CNC(N)=NCc1ccccc1OC(F)(F)F. The van der Waals surface area contributed by atoms with Crippen LogP contribution in [0.2, 0.25) is 0 Å². The lowest BCUT2D eigenvalue weighted by molar-refractivity contribution is -0.274. The Bertz CT molecular complexity index is 562. The molecule has 0 aliphatic carbocycles. The van der Waals surface area contributed by atoms with E-state index in [0.29, 0.717) is 18.2 Å². The molecule has 5 nitrogen and oxygen atoms in total. The first-order valence-electron chi connectivity index (χ1n) is 8.00. The van der Waals surface area contributed by atoms with Crippen LogP contribution in [0.4, 0.5) is 13.2 Å². The maximum absolute atomic E-state index is 12.4. The van der Waals surface area contributed by atoms with Gasteiger partial charge in [0, 0.05) is 18.2 Å². The summed E-state index contributed by atoms with van der Waals surface area (Å²) in [6.45, 7) is 4.90. The topological polar surface area (TPSA) is 62.9 Å². The fraction of sp³-hybridized carbons (Fsp3) is 0.562. The third-order valence-electron chi connectivity index (χ3n) is 4.04. The van der Waals surface area contributed by atoms with Gasteiger partial charge in [0.15, 0.2) is 5.96 Å². The molecular formula is C16H23F3N4O. The molecule has 1 aromatic rings. The standard InChI is InChI=1S/C16H23F3N4O/c1-2-23-9-5-7-13(23)11-22-15(20)21-10-12-6-3-4-8-14(12)24-16(17,18)19/h3-4,6,8,13H,2,5,7,9-11H2,1H3,(H3,20,21,22). The number of likely N-dealkylation sites (tertiary alicyclic amines) is 1. The largest absolute Gasteiger partial charge is 0.573 e. The van der Waals surface area contributed by atoms with Crippen LogP contribution in [-0.2, 0) is 6.54 Å². The van der Waals surface area contributed by atoms with E-state index in [0.717, 1.165) is 19.5 Å². The third-order valence-corrected chi connectivity index (χ3v) is 4.04. The van der Waals surface area contributed by atoms with E-state index in [4.69, 9.17) is 5.73 Å². The number of ether oxygens (including phenoxy) is 1. The van der Waals surface area contributed by atoms with E-state index in [1.54, 1.807) is 6.07 Å². The second-order valence-electron chi connectivity index (χ2n) is 5.66. The van der Waals surface area contributed by atoms with Crippen molar-refractivity contribution < 1.29 is 17.9 Å². The Balaban J connectivity index is 1.90. The number of nitrogens with two attached hydrogens (primary N) is 1. The zero-order valence-electron chi connectivity index (χ0n) is 13.6. The summed E-state index contributed by atoms with van der Waals surface area (Å²) in [7, 11) is 0. The number of guanidine groups is 1. The highest BCUT2D eigenvalue weighted by Gasteiger charge is 2.31. The van der Waals surface area contributed by atoms with Gasteiger partial charge >= 0.3 is 6.36 Å². The molecule has 24 heavy (non-hydrogen) atoms. The summed E-state index contributed by atoms with van der Waals surface area (Å²) in [6, 6.07) is 6.34. The number of nitrogens with one attached hydrogen (secondary N) is 1. The Labute approximate surface area is 139 Å². The van der Waals surface area contributed by atoms with Crippen molar-refractivity contribution >= 4 is 5.96 Å². The highest BCUT2D eigenvalue weighted by atomic mass is 19.4. The van der Waals surface area contributed by atoms with Crippen molar-refractivity contribution in [3.8, 4) is 5.75 Å². The molecule has 0 amide bonds. The number of hydrogen-bond acceptors (Lipinski definition) is 3. The first-order valence-corrected chi connectivity index (χ1v) is 8.00. The molecule has 0 bridgehead atoms. The van der Waals surface area contributed by atoms with Gasteiger partial charge in [0.05, 0.1) is 6.54 Å². The summed E-state index contributed by atoms with van der Waals surface area (Å²) >= 11 is 0. The lowest BCUT2D eigenvalue weighted by atomic mass is 10.2. The van der Waals surface area contributed by atoms with E-state index in [1.165, 1.54) is 24.6 Å². The second kappa shape index (κ2) is 8.23. The number of likely N-dealkylation sites (N-methyl/N-ethyl adjacent to an activating group) is 1. The highest BCUT2D eigenvalue weighted by molar-refractivity contribution is 5.77. The normalized spacial score (nSPS) is 19.5. The minimum Gasteiger partial charge on any atom is -0.405 e. The van der Waals surface area contributed by atoms with E-state index in [2.05, 4.69) is 26.9 Å². The predicted octanol–water partition coefficient (Wildman–Crippen LogP) is 2.47. The minimum absolute atomic E-state index is 0.0211. The van der Waals surface area contributed by atoms with Crippen molar-refractivity contribution in [3.63, 3.8) is 0 Å². The third kappa shape index (κ3) is 5.59. The van der Waals surface area contributed by atoms with Gasteiger partial charge in [0.25, 0.3) is 0 Å². The number of nitrogens with zero attached hydrogens (tertiary/aromatic N) is 2. The van der Waals surface area contributed by atoms with Crippen LogP contribution in [0.1, 0.15) is 25.3 Å². The number of aliphatic imine (C=N–C) groups is 1. The molecule has 0 aromatic heterocycles. The van der Waals surface area contributed by atoms with Crippen LogP contribution in [0, 0.1) is 0 Å². The number of halogens is 3. The van der Waals surface area contributed by atoms with Gasteiger partial charge in [-0.15, -0.1) is 13.2 Å². The Kier molecular flexibility index (Phi) is 6.30. The Hall–Kier alpha value is -1.96. The molecule has 2 rings (SSSR count). The average molecular weight is 344 g/mol. The molecule has 1 aromatic carbocycles. The molecule has 0 saturated carbocycles. The first kappa shape index (κ1) is 18.4. The quantitative estimate of drug-likeness (QED) is 0.615. The van der Waals surface area contributed by atoms with Crippen molar-refractivity contribution in [2.24, 2.45) is 10.7 Å². The van der Waals surface area contributed by atoms with E-state index >= 15 is 0 Å². The van der Waals surface area contributed by atoms with Crippen LogP contribution >= 0.6 is 0 Å². The fourth-order valence-electron chi connectivity index (χ4n) is 2.85. The molecule has 8 heteroatoms. The molecule has 1 atom stereocenters. The Morgan fingerprint density at radius 1 is 1.42 bits per heavy atom. The smallest absolute Gasteiger partial charge is 0.405 e. The summed E-state index contributed by atoms with van der Waals surface area (Å²) < 4.78 is 41.2. The lowest BCUT2D eigenvalue weighted by Crippen LogP contribution is -2.42. The van der Waals surface area contributed by atoms with Gasteiger partial charge in [0.2, 0.25) is 0 Å². The van der Waals surface area contributed by atoms with Crippen molar-refractivity contribution in [1.82, 2.24) is 10.2 Å². The highest BCUT2D eigenvalue weighted by Crippen LogP contribution is 2.26. The van der Waals surface area contributed by atoms with Crippen LogP contribution in [0.3, 0.4) is 0 Å². The van der Waals surface area contributed by atoms with Crippen LogP contribution in [-0.4, -0.2) is 42.9 Å². The summed E-state index contributed by atoms with van der Waals surface area (Å²) in [5, 5.41) is 3.05. The molecule has 1 fully saturated rings. The molecule has 1 saturated heterocycles. The van der Waals surface area contributed by atoms with Gasteiger partial charge in [-0.2, -0.15) is 0 Å². The molecule has 1 aliphatic heterocycles. The number of rotatable bonds is 6. The van der Waals surface area contributed by atoms with Gasteiger partial charge in [0.1, 0.15) is 5.75 Å². The van der Waals surface area contributed by atoms with Crippen LogP contribution in [0.15, 0.2) is 29.3 Å². The van der Waals surface area contributed by atoms with Gasteiger partial charge in [-0.1, -0.05) is 25.1 Å². The number of benzene rings is 1. The van der Waals surface area contributed by atoms with Crippen molar-refractivity contribution in [2.75, 3.05) is 19.6 Å². The zero-order valence-corrected chi connectivity index (χ0v) is 13.6. The van der Waals surface area contributed by atoms with Gasteiger partial charge in [-0.25, -0.2) is 4.99 Å². The molecule has 3 N–H and O–H groups in total. The maximum atomic E-state index is 12.4. The monoisotopic (exact) mass is 344 g/mol. The van der Waals surface area contributed by atoms with E-state index in [9.17, 15) is 13.2 Å². The van der Waals surface area contributed by atoms with Gasteiger partial charge < -0.3 is 15.8 Å². The van der Waals surface area contributed by atoms with Crippen LogP contribution in [0.25, 0.3) is 0 Å². The van der Waals surface area contributed by atoms with Gasteiger partial charge in [-0.3, -0.25) is 4.90 Å². The first-order chi connectivity index (χ1) is 11.4. The van der Waals surface area contributed by atoms with Crippen molar-refractivity contribution in [3.05, 3.63) is 29.8 Å². The molecule has 1 aliphatic rings. The molecule has 1 heterocycles. The number of para-hydroxylation sites is 1. The maximum Gasteiger partial charge on any atom is 0.573 e. The van der Waals surface area contributed by atoms with E-state index in [-0.39, 0.29) is 18.3 Å². The van der Waals surface area contributed by atoms with Crippen LogP contribution in [0.5, 0.6) is 5.75 Å². The summed E-state index contributed by atoms with van der Waals surface area (Å²) in [5.41, 5.74) is 6.15. The molecule has 0 radical (unpaired) electrons. The summed E-state index contributed by atoms with van der Waals surface area (Å²) in [4.78, 5) is 6.48. The minimum atomic E-state index is -4.73. The number of alkyl halides is 3. The average Bonchev–Trinajstić information content (AvgIpc) is 2.98. The van der Waals surface area contributed by atoms with E-state index < -0.39 is 6.36 Å². The summed E-state index contributed by atoms with van der Waals surface area (Å²) in [5.74, 6) is -0.0331. The molecule has 0 spiro atoms. The van der Waals surface area contributed by atoms with E-state index in [1.807, 2.05) is 0 Å². The molecule has 1 unspecified atom stereocenters. The molecule has 134 valence electrons. The zero-order chi connectivity index (χ0) is 17.6. The van der Waals surface area contributed by atoms with Crippen molar-refractivity contribution in [2.45, 2.75) is 38.7 Å². The number of hydrogen-bond donors (Lipinski definition) is 2.